The number of amides is 1. The molecule has 0 saturated heterocycles. The zero-order valence-electron chi connectivity index (χ0n) is 28.8. The number of benzene rings is 6. The Hall–Kier alpha value is -7.01. The second kappa shape index (κ2) is 16.8. The normalized spacial score (nSPS) is 11.8. The lowest BCUT2D eigenvalue weighted by Gasteiger charge is -2.12. The van der Waals surface area contributed by atoms with Crippen LogP contribution in [0.25, 0.3) is 21.5 Å². The smallest absolute Gasteiger partial charge is 0.296 e. The third-order valence-corrected chi connectivity index (χ3v) is 9.53. The molecule has 0 aliphatic carbocycles. The van der Waals surface area contributed by atoms with Crippen LogP contribution < -0.4 is 15.4 Å². The molecule has 0 atom stereocenters. The van der Waals surface area contributed by atoms with E-state index in [9.17, 15) is 28.0 Å². The number of fused-ring (bicyclic) bond motifs is 2. The molecule has 6 aromatic carbocycles. The molecule has 0 radical (unpaired) electrons. The summed E-state index contributed by atoms with van der Waals surface area (Å²) >= 11 is 0.528. The number of carbonyl (C=O) groups is 1. The first-order valence-electron chi connectivity index (χ1n) is 16.3. The van der Waals surface area contributed by atoms with Crippen molar-refractivity contribution < 1.29 is 47.3 Å². The lowest BCUT2D eigenvalue weighted by Crippen LogP contribution is -2.11. The van der Waals surface area contributed by atoms with Gasteiger partial charge in [0.05, 0.1) is 16.9 Å². The molecular weight excluding hydrogens is 783 g/mol. The van der Waals surface area contributed by atoms with Crippen LogP contribution in [0.5, 0.6) is 17.2 Å². The van der Waals surface area contributed by atoms with Gasteiger partial charge in [0, 0.05) is 27.7 Å². The van der Waals surface area contributed by atoms with Gasteiger partial charge in [-0.3, -0.25) is 14.3 Å². The summed E-state index contributed by atoms with van der Waals surface area (Å²) in [5, 5.41) is 65.0. The fraction of sp³-hybridized carbons (Fsp3) is 0.0278. The zero-order chi connectivity index (χ0) is 39.9. The van der Waals surface area contributed by atoms with Crippen LogP contribution in [0.15, 0.2) is 139 Å². The molecule has 7 N–H and O–H groups in total. The van der Waals surface area contributed by atoms with E-state index in [2.05, 4.69) is 55.6 Å². The van der Waals surface area contributed by atoms with Crippen molar-refractivity contribution in [1.29, 1.82) is 0 Å². The molecule has 0 fully saturated rings. The Kier molecular flexibility index (Phi) is 11.3. The fourth-order valence-corrected chi connectivity index (χ4v) is 6.59. The van der Waals surface area contributed by atoms with E-state index < -0.39 is 32.4 Å². The maximum Gasteiger partial charge on any atom is 0.296 e. The number of aromatic nitrogens is 3. The number of para-hydroxylation sites is 1. The van der Waals surface area contributed by atoms with Gasteiger partial charge in [0.25, 0.3) is 27.9 Å². The summed E-state index contributed by atoms with van der Waals surface area (Å²) in [6.07, 6.45) is 0. The summed E-state index contributed by atoms with van der Waals surface area (Å²) in [5.74, 6) is -1.23. The molecule has 0 aliphatic rings. The lowest BCUT2D eigenvalue weighted by atomic mass is 10.1. The van der Waals surface area contributed by atoms with Gasteiger partial charge >= 0.3 is 0 Å². The highest BCUT2D eigenvalue weighted by Gasteiger charge is 2.23. The second-order valence-electron chi connectivity index (χ2n) is 11.7. The number of aromatic hydroxyl groups is 2. The zero-order valence-corrected chi connectivity index (χ0v) is 30.5. The van der Waals surface area contributed by atoms with Crippen molar-refractivity contribution in [3.05, 3.63) is 115 Å². The molecule has 1 aromatic heterocycles. The van der Waals surface area contributed by atoms with Gasteiger partial charge < -0.3 is 25.6 Å². The Labute approximate surface area is 325 Å². The highest BCUT2D eigenvalue weighted by molar-refractivity contribution is 7.94. The van der Waals surface area contributed by atoms with Crippen LogP contribution in [0.3, 0.4) is 0 Å². The standard InChI is InChI=1S/C36H27N9O10S2/c46-32-26-13-11-23(37-19-53-25-9-5-2-6-10-25)15-21(26)17-28(56-55-54-49)30(32)40-42-35-39-36(45-44-35)43-41-31-29(57(50,51)52)18-22-16-24(12-14-27(22)33(31)47)38-34(48)20-7-3-1-4-8-20/h1-18,37,46-47,49H,19H2,(H,38,48)(H,39,44,45)(H,50,51,52). The van der Waals surface area contributed by atoms with Crippen LogP contribution in [0.2, 0.25) is 0 Å². The number of nitrogens with one attached hydrogen (secondary N) is 3. The highest BCUT2D eigenvalue weighted by atomic mass is 32.2. The molecule has 0 spiro atoms. The second-order valence-corrected chi connectivity index (χ2v) is 13.8. The molecule has 0 aliphatic heterocycles. The van der Waals surface area contributed by atoms with Gasteiger partial charge in [0.15, 0.2) is 18.2 Å². The molecule has 0 bridgehead atoms. The summed E-state index contributed by atoms with van der Waals surface area (Å²) in [6.45, 7) is 0.166. The molecule has 288 valence electrons. The van der Waals surface area contributed by atoms with E-state index in [1.807, 2.05) is 30.3 Å². The number of nitrogens with zero attached hydrogens (tertiary/aromatic N) is 6. The van der Waals surface area contributed by atoms with Crippen molar-refractivity contribution in [1.82, 2.24) is 15.2 Å². The van der Waals surface area contributed by atoms with Gasteiger partial charge in [-0.1, -0.05) is 41.4 Å². The van der Waals surface area contributed by atoms with Crippen LogP contribution >= 0.6 is 12.0 Å². The topological polar surface area (TPSA) is 275 Å². The van der Waals surface area contributed by atoms with Crippen LogP contribution in [0.4, 0.5) is 34.6 Å². The number of anilines is 2. The lowest BCUT2D eigenvalue weighted by molar-refractivity contribution is -0.432. The van der Waals surface area contributed by atoms with Crippen LogP contribution in [0, 0.1) is 0 Å². The molecule has 7 rings (SSSR count). The largest absolute Gasteiger partial charge is 0.505 e. The third-order valence-electron chi connectivity index (χ3n) is 8.04. The number of phenolic OH excluding ortho intramolecular Hbond substituents is 2. The summed E-state index contributed by atoms with van der Waals surface area (Å²) in [4.78, 5) is 14.6. The Bertz CT molecular complexity index is 2770. The molecule has 7 aromatic rings. The van der Waals surface area contributed by atoms with Gasteiger partial charge in [-0.05, 0) is 83.6 Å². The summed E-state index contributed by atoms with van der Waals surface area (Å²) in [7, 11) is -4.96. The van der Waals surface area contributed by atoms with Gasteiger partial charge in [0.2, 0.25) is 0 Å². The SMILES string of the molecule is O=C(Nc1ccc2c(O)c(N=Nc3nnc(N=Nc4c(SOOO)cc5cc(NCOc6ccccc6)ccc5c4O)[nH]3)c(S(=O)(=O)O)cc2c1)c1ccccc1. The number of rotatable bonds is 14. The predicted molar refractivity (Wildman–Crippen MR) is 206 cm³/mol. The number of carbonyl (C=O) groups excluding carboxylic acids is 1. The van der Waals surface area contributed by atoms with Gasteiger partial charge in [-0.15, -0.1) is 35.0 Å². The number of aromatic amines is 1. The van der Waals surface area contributed by atoms with Crippen molar-refractivity contribution in [2.45, 2.75) is 9.79 Å². The predicted octanol–water partition coefficient (Wildman–Crippen LogP) is 8.73. The van der Waals surface area contributed by atoms with E-state index >= 15 is 0 Å². The number of hydrogen-bond acceptors (Lipinski definition) is 17. The minimum Gasteiger partial charge on any atom is -0.505 e. The summed E-state index contributed by atoms with van der Waals surface area (Å²) < 4.78 is 45.1. The van der Waals surface area contributed by atoms with Crippen LogP contribution in [-0.2, 0) is 19.5 Å². The average Bonchev–Trinajstić information content (AvgIpc) is 3.67. The fourth-order valence-electron chi connectivity index (χ4n) is 5.44. The van der Waals surface area contributed by atoms with Crippen LogP contribution in [-0.4, -0.2) is 56.3 Å². The minimum absolute atomic E-state index is 0.0982. The van der Waals surface area contributed by atoms with Crippen molar-refractivity contribution in [2.75, 3.05) is 17.4 Å². The van der Waals surface area contributed by atoms with E-state index in [0.29, 0.717) is 45.5 Å². The molecule has 21 heteroatoms. The van der Waals surface area contributed by atoms with Crippen molar-refractivity contribution in [3.63, 3.8) is 0 Å². The maximum absolute atomic E-state index is 12.6. The van der Waals surface area contributed by atoms with E-state index in [-0.39, 0.29) is 45.7 Å². The van der Waals surface area contributed by atoms with Crippen molar-refractivity contribution >= 4 is 84.3 Å². The number of H-pyrrole nitrogens is 1. The van der Waals surface area contributed by atoms with E-state index in [1.165, 1.54) is 18.2 Å². The molecule has 57 heavy (non-hydrogen) atoms. The average molecular weight is 810 g/mol. The number of phenols is 2. The maximum atomic E-state index is 12.6. The molecular formula is C36H27N9O10S2. The number of hydrogen-bond donors (Lipinski definition) is 7. The Morgan fingerprint density at radius 1 is 0.754 bits per heavy atom. The van der Waals surface area contributed by atoms with Crippen molar-refractivity contribution in [2.24, 2.45) is 20.5 Å². The first-order valence-corrected chi connectivity index (χ1v) is 18.5. The number of azo groups is 2. The summed E-state index contributed by atoms with van der Waals surface area (Å²) in [5.41, 5.74) is 0.642. The third kappa shape index (κ3) is 8.94. The van der Waals surface area contributed by atoms with Crippen LogP contribution in [0.1, 0.15) is 10.4 Å². The summed E-state index contributed by atoms with van der Waals surface area (Å²) in [6, 6.07) is 29.7. The molecule has 1 amide bonds. The Morgan fingerprint density at radius 2 is 1.35 bits per heavy atom. The quantitative estimate of drug-likeness (QED) is 0.0135. The monoisotopic (exact) mass is 809 g/mol. The first-order chi connectivity index (χ1) is 27.6. The molecule has 1 heterocycles. The first kappa shape index (κ1) is 38.3. The molecule has 19 nitrogen and oxygen atoms in total. The van der Waals surface area contributed by atoms with Crippen molar-refractivity contribution in [3.8, 4) is 17.2 Å². The molecule has 0 unspecified atom stereocenters. The minimum atomic E-state index is -4.96. The van der Waals surface area contributed by atoms with E-state index in [1.54, 1.807) is 54.6 Å². The van der Waals surface area contributed by atoms with E-state index in [4.69, 9.17) is 9.99 Å². The Balaban J connectivity index is 1.12. The van der Waals surface area contributed by atoms with Gasteiger partial charge in [-0.2, -0.15) is 8.42 Å². The highest BCUT2D eigenvalue weighted by Crippen LogP contribution is 2.45. The van der Waals surface area contributed by atoms with Gasteiger partial charge in [0.1, 0.15) is 22.0 Å². The van der Waals surface area contributed by atoms with E-state index in [0.717, 1.165) is 6.07 Å². The number of ether oxygens (including phenoxy) is 1. The Morgan fingerprint density at radius 3 is 2.02 bits per heavy atom. The molecule has 0 saturated carbocycles. The van der Waals surface area contributed by atoms with Gasteiger partial charge in [-0.25, -0.2) is 5.26 Å².